The van der Waals surface area contributed by atoms with Crippen molar-refractivity contribution in [3.8, 4) is 0 Å². The van der Waals surface area contributed by atoms with Crippen LogP contribution in [0.2, 0.25) is 0 Å². The summed E-state index contributed by atoms with van der Waals surface area (Å²) in [6.07, 6.45) is 0.780. The molecular weight excluding hydrogens is 184 g/mol. The van der Waals surface area contributed by atoms with Crippen LogP contribution in [0, 0.1) is 0 Å². The lowest BCUT2D eigenvalue weighted by molar-refractivity contribution is 0.0513. The van der Waals surface area contributed by atoms with Crippen molar-refractivity contribution < 1.29 is 14.1 Å². The van der Waals surface area contributed by atoms with E-state index in [-0.39, 0.29) is 0 Å². The average molecular weight is 196 g/mol. The Balaban J connectivity index is 2.25. The molecule has 0 aliphatic carbocycles. The van der Waals surface area contributed by atoms with Crippen LogP contribution in [0.5, 0.6) is 0 Å². The van der Waals surface area contributed by atoms with E-state index in [1.807, 2.05) is 0 Å². The fraction of sp³-hybridized carbons (Fsp3) is 0.556. The molecule has 2 heterocycles. The van der Waals surface area contributed by atoms with Gasteiger partial charge in [-0.15, -0.1) is 0 Å². The second-order valence-electron chi connectivity index (χ2n) is 3.08. The van der Waals surface area contributed by atoms with Crippen molar-refractivity contribution in [3.63, 3.8) is 0 Å². The number of aromatic nitrogens is 1. The van der Waals surface area contributed by atoms with Crippen molar-refractivity contribution in [2.24, 2.45) is 0 Å². The second-order valence-corrected chi connectivity index (χ2v) is 3.08. The predicted molar refractivity (Wildman–Crippen MR) is 47.9 cm³/mol. The molecule has 1 aliphatic heterocycles. The van der Waals surface area contributed by atoms with Crippen LogP contribution in [0.4, 0.5) is 0 Å². The minimum absolute atomic E-state index is 0.314. The number of fused-ring (bicyclic) bond motifs is 1. The van der Waals surface area contributed by atoms with E-state index in [1.54, 1.807) is 6.92 Å². The summed E-state index contributed by atoms with van der Waals surface area (Å²) < 4.78 is 9.93. The minimum atomic E-state index is -0.402. The molecule has 0 fully saturated rings. The van der Waals surface area contributed by atoms with E-state index >= 15 is 0 Å². The van der Waals surface area contributed by atoms with Crippen LogP contribution in [0.15, 0.2) is 4.52 Å². The molecule has 0 aromatic carbocycles. The van der Waals surface area contributed by atoms with E-state index in [0.717, 1.165) is 24.3 Å². The molecule has 76 valence electrons. The van der Waals surface area contributed by atoms with Gasteiger partial charge in [-0.2, -0.15) is 0 Å². The number of esters is 1. The standard InChI is InChI=1S/C9H12N2O3/c1-2-13-9(12)8-6-5-10-4-3-7(6)14-11-8/h10H,2-5H2,1H3. The molecule has 0 bridgehead atoms. The van der Waals surface area contributed by atoms with E-state index in [4.69, 9.17) is 9.26 Å². The van der Waals surface area contributed by atoms with Gasteiger partial charge in [-0.1, -0.05) is 5.16 Å². The van der Waals surface area contributed by atoms with Gasteiger partial charge in [0.25, 0.3) is 0 Å². The Morgan fingerprint density at radius 3 is 3.36 bits per heavy atom. The molecule has 1 N–H and O–H groups in total. The zero-order valence-corrected chi connectivity index (χ0v) is 8.00. The highest BCUT2D eigenvalue weighted by Crippen LogP contribution is 2.18. The average Bonchev–Trinajstić information content (AvgIpc) is 2.61. The Morgan fingerprint density at radius 2 is 2.57 bits per heavy atom. The van der Waals surface area contributed by atoms with E-state index in [2.05, 4.69) is 10.5 Å². The molecule has 5 heteroatoms. The number of nitrogens with one attached hydrogen (secondary N) is 1. The van der Waals surface area contributed by atoms with Gasteiger partial charge in [-0.05, 0) is 6.92 Å². The van der Waals surface area contributed by atoms with Crippen molar-refractivity contribution in [1.82, 2.24) is 10.5 Å². The van der Waals surface area contributed by atoms with E-state index in [1.165, 1.54) is 0 Å². The maximum Gasteiger partial charge on any atom is 0.360 e. The first-order valence-electron chi connectivity index (χ1n) is 4.68. The van der Waals surface area contributed by atoms with Gasteiger partial charge < -0.3 is 14.6 Å². The van der Waals surface area contributed by atoms with Gasteiger partial charge in [0, 0.05) is 25.1 Å². The molecule has 0 saturated heterocycles. The molecule has 1 aromatic rings. The third kappa shape index (κ3) is 1.50. The van der Waals surface area contributed by atoms with Gasteiger partial charge in [-0.25, -0.2) is 4.79 Å². The lowest BCUT2D eigenvalue weighted by Gasteiger charge is -2.10. The summed E-state index contributed by atoms with van der Waals surface area (Å²) >= 11 is 0. The van der Waals surface area contributed by atoms with E-state index in [0.29, 0.717) is 18.8 Å². The van der Waals surface area contributed by atoms with Crippen LogP contribution in [-0.2, 0) is 17.7 Å². The van der Waals surface area contributed by atoms with Crippen LogP contribution in [-0.4, -0.2) is 24.3 Å². The zero-order valence-electron chi connectivity index (χ0n) is 8.00. The lowest BCUT2D eigenvalue weighted by atomic mass is 10.1. The van der Waals surface area contributed by atoms with Crippen LogP contribution >= 0.6 is 0 Å². The third-order valence-corrected chi connectivity index (χ3v) is 2.17. The van der Waals surface area contributed by atoms with Gasteiger partial charge in [0.2, 0.25) is 0 Å². The van der Waals surface area contributed by atoms with Gasteiger partial charge in [-0.3, -0.25) is 0 Å². The maximum atomic E-state index is 11.4. The Hall–Kier alpha value is -1.36. The second kappa shape index (κ2) is 3.79. The molecule has 5 nitrogen and oxygen atoms in total. The number of ether oxygens (including phenoxy) is 1. The molecule has 0 amide bonds. The number of carbonyl (C=O) groups excluding carboxylic acids is 1. The molecule has 1 aromatic heterocycles. The SMILES string of the molecule is CCOC(=O)c1noc2c1CNCC2. The molecule has 2 rings (SSSR count). The first-order valence-corrected chi connectivity index (χ1v) is 4.68. The Bertz CT molecular complexity index is 346. The number of carbonyl (C=O) groups is 1. The number of hydrogen-bond acceptors (Lipinski definition) is 5. The highest BCUT2D eigenvalue weighted by Gasteiger charge is 2.24. The maximum absolute atomic E-state index is 11.4. The van der Waals surface area contributed by atoms with Crippen molar-refractivity contribution in [3.05, 3.63) is 17.0 Å². The summed E-state index contributed by atoms with van der Waals surface area (Å²) in [5.74, 6) is 0.396. The number of rotatable bonds is 2. The molecule has 0 radical (unpaired) electrons. The van der Waals surface area contributed by atoms with Crippen LogP contribution in [0.1, 0.15) is 28.7 Å². The molecule has 1 aliphatic rings. The van der Waals surface area contributed by atoms with Crippen molar-refractivity contribution in [1.29, 1.82) is 0 Å². The zero-order chi connectivity index (χ0) is 9.97. The Morgan fingerprint density at radius 1 is 1.71 bits per heavy atom. The van der Waals surface area contributed by atoms with Crippen molar-refractivity contribution >= 4 is 5.97 Å². The fourth-order valence-corrected chi connectivity index (χ4v) is 1.50. The lowest BCUT2D eigenvalue weighted by Crippen LogP contribution is -2.24. The first-order chi connectivity index (χ1) is 6.83. The summed E-state index contributed by atoms with van der Waals surface area (Å²) in [5.41, 5.74) is 1.16. The van der Waals surface area contributed by atoms with E-state index < -0.39 is 5.97 Å². The summed E-state index contributed by atoms with van der Waals surface area (Å²) in [6.45, 7) is 3.62. The fourth-order valence-electron chi connectivity index (χ4n) is 1.50. The summed E-state index contributed by atoms with van der Waals surface area (Å²) in [6, 6.07) is 0. The number of nitrogens with zero attached hydrogens (tertiary/aromatic N) is 1. The van der Waals surface area contributed by atoms with Crippen molar-refractivity contribution in [2.45, 2.75) is 19.9 Å². The van der Waals surface area contributed by atoms with E-state index in [9.17, 15) is 4.79 Å². The summed E-state index contributed by atoms with van der Waals surface area (Å²) in [7, 11) is 0. The summed E-state index contributed by atoms with van der Waals surface area (Å²) in [4.78, 5) is 11.4. The Labute approximate surface area is 81.4 Å². The van der Waals surface area contributed by atoms with Crippen LogP contribution in [0.3, 0.4) is 0 Å². The number of hydrogen-bond donors (Lipinski definition) is 1. The molecule has 14 heavy (non-hydrogen) atoms. The van der Waals surface area contributed by atoms with Gasteiger partial charge in [0.15, 0.2) is 5.69 Å². The van der Waals surface area contributed by atoms with Gasteiger partial charge in [0.05, 0.1) is 6.61 Å². The molecule has 0 atom stereocenters. The Kier molecular flexibility index (Phi) is 2.49. The first kappa shape index (κ1) is 9.21. The highest BCUT2D eigenvalue weighted by atomic mass is 16.5. The predicted octanol–water partition coefficient (Wildman–Crippen LogP) is 0.497. The minimum Gasteiger partial charge on any atom is -0.461 e. The molecule has 0 unspecified atom stereocenters. The molecule has 0 saturated carbocycles. The largest absolute Gasteiger partial charge is 0.461 e. The van der Waals surface area contributed by atoms with Crippen molar-refractivity contribution in [2.75, 3.05) is 13.2 Å². The topological polar surface area (TPSA) is 64.4 Å². The summed E-state index contributed by atoms with van der Waals surface area (Å²) in [5, 5.41) is 6.88. The monoisotopic (exact) mass is 196 g/mol. The quantitative estimate of drug-likeness (QED) is 0.698. The van der Waals surface area contributed by atoms with Gasteiger partial charge in [0.1, 0.15) is 5.76 Å². The third-order valence-electron chi connectivity index (χ3n) is 2.17. The molecular formula is C9H12N2O3. The van der Waals surface area contributed by atoms with Crippen LogP contribution < -0.4 is 5.32 Å². The highest BCUT2D eigenvalue weighted by molar-refractivity contribution is 5.89. The van der Waals surface area contributed by atoms with Gasteiger partial charge >= 0.3 is 5.97 Å². The van der Waals surface area contributed by atoms with Crippen LogP contribution in [0.25, 0.3) is 0 Å². The smallest absolute Gasteiger partial charge is 0.360 e. The molecule has 0 spiro atoms. The normalized spacial score (nSPS) is 14.9.